The number of aliphatic hydroxyl groups is 1. The van der Waals surface area contributed by atoms with Crippen LogP contribution in [0.1, 0.15) is 30.9 Å². The van der Waals surface area contributed by atoms with E-state index < -0.39 is 6.10 Å². The largest absolute Gasteiger partial charge is 0.387 e. The molecule has 1 aromatic carbocycles. The first-order valence-corrected chi connectivity index (χ1v) is 7.81. The molecule has 3 rings (SSSR count). The standard InChI is InChI=1S/C18H22N2O2/c1-20-10-9-14-11-15(7-8-16(14)20)17(21)12-19-18(22)13-5-3-2-4-6-13/h2-3,7-11,13,17,21H,4-6,12H2,1H3,(H,19,22)/t13-,17-/m1/s1. The minimum atomic E-state index is -0.673. The van der Waals surface area contributed by atoms with Crippen molar-refractivity contribution in [2.45, 2.75) is 25.4 Å². The molecule has 4 heteroatoms. The molecular formula is C18H22N2O2. The molecule has 1 amide bonds. The maximum Gasteiger partial charge on any atom is 0.223 e. The Morgan fingerprint density at radius 1 is 1.41 bits per heavy atom. The number of allylic oxidation sites excluding steroid dienone is 2. The van der Waals surface area contributed by atoms with Crippen molar-refractivity contribution >= 4 is 16.8 Å². The van der Waals surface area contributed by atoms with Crippen molar-refractivity contribution in [2.75, 3.05) is 6.54 Å². The van der Waals surface area contributed by atoms with Crippen molar-refractivity contribution in [3.05, 3.63) is 48.2 Å². The molecule has 2 atom stereocenters. The molecule has 0 fully saturated rings. The van der Waals surface area contributed by atoms with E-state index in [0.29, 0.717) is 0 Å². The Morgan fingerprint density at radius 3 is 3.05 bits per heavy atom. The number of rotatable bonds is 4. The lowest BCUT2D eigenvalue weighted by Gasteiger charge is -2.19. The van der Waals surface area contributed by atoms with Crippen LogP contribution < -0.4 is 5.32 Å². The molecule has 116 valence electrons. The highest BCUT2D eigenvalue weighted by Crippen LogP contribution is 2.22. The van der Waals surface area contributed by atoms with Crippen LogP contribution in [0.25, 0.3) is 10.9 Å². The highest BCUT2D eigenvalue weighted by molar-refractivity contribution is 5.81. The lowest BCUT2D eigenvalue weighted by atomic mass is 9.93. The maximum atomic E-state index is 12.1. The van der Waals surface area contributed by atoms with Crippen LogP contribution in [-0.4, -0.2) is 22.1 Å². The monoisotopic (exact) mass is 298 g/mol. The van der Waals surface area contributed by atoms with Gasteiger partial charge in [0.15, 0.2) is 0 Å². The number of benzene rings is 1. The number of hydrogen-bond donors (Lipinski definition) is 2. The molecule has 0 spiro atoms. The quantitative estimate of drug-likeness (QED) is 0.853. The molecule has 2 aromatic rings. The first-order chi connectivity index (χ1) is 10.6. The Bertz CT molecular complexity index is 702. The fourth-order valence-corrected chi connectivity index (χ4v) is 3.00. The number of carbonyl (C=O) groups is 1. The summed E-state index contributed by atoms with van der Waals surface area (Å²) in [6.07, 6.45) is 8.17. The van der Waals surface area contributed by atoms with Gasteiger partial charge in [-0.2, -0.15) is 0 Å². The first-order valence-electron chi connectivity index (χ1n) is 7.81. The van der Waals surface area contributed by atoms with Crippen LogP contribution in [-0.2, 0) is 11.8 Å². The zero-order valence-electron chi connectivity index (χ0n) is 12.8. The van der Waals surface area contributed by atoms with Gasteiger partial charge in [0.1, 0.15) is 0 Å². The van der Waals surface area contributed by atoms with Crippen LogP contribution >= 0.6 is 0 Å². The normalized spacial score (nSPS) is 19.3. The third-order valence-corrected chi connectivity index (χ3v) is 4.40. The number of nitrogens with one attached hydrogen (secondary N) is 1. The summed E-state index contributed by atoms with van der Waals surface area (Å²) < 4.78 is 2.05. The lowest BCUT2D eigenvalue weighted by molar-refractivity contribution is -0.125. The van der Waals surface area contributed by atoms with Crippen LogP contribution in [0.4, 0.5) is 0 Å². The molecule has 0 bridgehead atoms. The summed E-state index contributed by atoms with van der Waals surface area (Å²) in [5.74, 6) is 0.0954. The summed E-state index contributed by atoms with van der Waals surface area (Å²) in [5, 5.41) is 14.3. The van der Waals surface area contributed by atoms with Crippen LogP contribution in [0.5, 0.6) is 0 Å². The molecule has 0 aliphatic heterocycles. The van der Waals surface area contributed by atoms with Gasteiger partial charge in [0.25, 0.3) is 0 Å². The minimum absolute atomic E-state index is 0.0455. The number of nitrogens with zero attached hydrogens (tertiary/aromatic N) is 1. The van der Waals surface area contributed by atoms with Gasteiger partial charge in [-0.25, -0.2) is 0 Å². The molecule has 1 aliphatic carbocycles. The number of aromatic nitrogens is 1. The number of hydrogen-bond acceptors (Lipinski definition) is 2. The molecule has 1 aromatic heterocycles. The highest BCUT2D eigenvalue weighted by atomic mass is 16.3. The van der Waals surface area contributed by atoms with E-state index in [2.05, 4.69) is 17.5 Å². The highest BCUT2D eigenvalue weighted by Gasteiger charge is 2.19. The topological polar surface area (TPSA) is 54.3 Å². The molecule has 22 heavy (non-hydrogen) atoms. The number of fused-ring (bicyclic) bond motifs is 1. The first kappa shape index (κ1) is 14.9. The van der Waals surface area contributed by atoms with Crippen LogP contribution in [0, 0.1) is 5.92 Å². The van der Waals surface area contributed by atoms with E-state index >= 15 is 0 Å². The smallest absolute Gasteiger partial charge is 0.223 e. The number of carbonyl (C=O) groups excluding carboxylic acids is 1. The van der Waals surface area contributed by atoms with E-state index in [1.54, 1.807) is 0 Å². The van der Waals surface area contributed by atoms with Crippen molar-refractivity contribution in [3.63, 3.8) is 0 Å². The van der Waals surface area contributed by atoms with Gasteiger partial charge in [0.05, 0.1) is 6.10 Å². The van der Waals surface area contributed by atoms with Crippen molar-refractivity contribution in [1.29, 1.82) is 0 Å². The summed E-state index contributed by atoms with van der Waals surface area (Å²) in [7, 11) is 2.00. The third kappa shape index (κ3) is 3.07. The number of amides is 1. The molecule has 1 heterocycles. The Kier molecular flexibility index (Phi) is 4.29. The fraction of sp³-hybridized carbons (Fsp3) is 0.389. The van der Waals surface area contributed by atoms with Crippen LogP contribution in [0.2, 0.25) is 0 Å². The third-order valence-electron chi connectivity index (χ3n) is 4.40. The minimum Gasteiger partial charge on any atom is -0.387 e. The van der Waals surface area contributed by atoms with Gasteiger partial charge in [-0.3, -0.25) is 4.79 Å². The number of aliphatic hydroxyl groups excluding tert-OH is 1. The zero-order chi connectivity index (χ0) is 15.5. The molecule has 4 nitrogen and oxygen atoms in total. The second-order valence-electron chi connectivity index (χ2n) is 5.99. The van der Waals surface area contributed by atoms with Crippen molar-refractivity contribution < 1.29 is 9.90 Å². The Labute approximate surface area is 130 Å². The van der Waals surface area contributed by atoms with Gasteiger partial charge in [0.2, 0.25) is 5.91 Å². The average Bonchev–Trinajstić information content (AvgIpc) is 2.93. The van der Waals surface area contributed by atoms with Gasteiger partial charge < -0.3 is 15.0 Å². The van der Waals surface area contributed by atoms with Gasteiger partial charge in [-0.15, -0.1) is 0 Å². The van der Waals surface area contributed by atoms with E-state index in [9.17, 15) is 9.90 Å². The van der Waals surface area contributed by atoms with E-state index in [0.717, 1.165) is 35.7 Å². The van der Waals surface area contributed by atoms with E-state index in [4.69, 9.17) is 0 Å². The van der Waals surface area contributed by atoms with Crippen LogP contribution in [0.3, 0.4) is 0 Å². The van der Waals surface area contributed by atoms with Crippen molar-refractivity contribution in [1.82, 2.24) is 9.88 Å². The lowest BCUT2D eigenvalue weighted by Crippen LogP contribution is -2.34. The molecule has 0 saturated carbocycles. The zero-order valence-corrected chi connectivity index (χ0v) is 12.8. The summed E-state index contributed by atoms with van der Waals surface area (Å²) >= 11 is 0. The fourth-order valence-electron chi connectivity index (χ4n) is 3.00. The summed E-state index contributed by atoms with van der Waals surface area (Å²) in [5.41, 5.74) is 1.97. The summed E-state index contributed by atoms with van der Waals surface area (Å²) in [4.78, 5) is 12.1. The van der Waals surface area contributed by atoms with Gasteiger partial charge >= 0.3 is 0 Å². The molecule has 0 saturated heterocycles. The molecule has 0 unspecified atom stereocenters. The summed E-state index contributed by atoms with van der Waals surface area (Å²) in [6.45, 7) is 0.261. The molecular weight excluding hydrogens is 276 g/mol. The van der Waals surface area contributed by atoms with Crippen molar-refractivity contribution in [2.24, 2.45) is 13.0 Å². The SMILES string of the molecule is Cn1ccc2cc([C@H](O)CNC(=O)[C@@H]3CC=CCC3)ccc21. The molecule has 2 N–H and O–H groups in total. The maximum absolute atomic E-state index is 12.1. The van der Waals surface area contributed by atoms with E-state index in [1.807, 2.05) is 42.1 Å². The predicted octanol–water partition coefficient (Wildman–Crippen LogP) is 2.68. The van der Waals surface area contributed by atoms with Gasteiger partial charge in [-0.05, 0) is 48.4 Å². The molecule has 0 radical (unpaired) electrons. The second-order valence-corrected chi connectivity index (χ2v) is 5.99. The Hall–Kier alpha value is -2.07. The van der Waals surface area contributed by atoms with E-state index in [-0.39, 0.29) is 18.4 Å². The van der Waals surface area contributed by atoms with Crippen LogP contribution in [0.15, 0.2) is 42.6 Å². The summed E-state index contributed by atoms with van der Waals surface area (Å²) in [6, 6.07) is 7.93. The van der Waals surface area contributed by atoms with Crippen molar-refractivity contribution in [3.8, 4) is 0 Å². The van der Waals surface area contributed by atoms with Gasteiger partial charge in [0, 0.05) is 31.2 Å². The molecule has 1 aliphatic rings. The van der Waals surface area contributed by atoms with Gasteiger partial charge in [-0.1, -0.05) is 18.2 Å². The second kappa shape index (κ2) is 6.36. The van der Waals surface area contributed by atoms with E-state index in [1.165, 1.54) is 0 Å². The number of aryl methyl sites for hydroxylation is 1. The Morgan fingerprint density at radius 2 is 2.27 bits per heavy atom. The Balaban J connectivity index is 1.61. The average molecular weight is 298 g/mol. The predicted molar refractivity (Wildman–Crippen MR) is 87.4 cm³/mol.